The van der Waals surface area contributed by atoms with Crippen LogP contribution in [0.3, 0.4) is 0 Å². The first kappa shape index (κ1) is 14.1. The van der Waals surface area contributed by atoms with E-state index in [0.717, 1.165) is 19.4 Å². The number of aromatic carboxylic acids is 1. The summed E-state index contributed by atoms with van der Waals surface area (Å²) in [5.41, 5.74) is -0.0406. The van der Waals surface area contributed by atoms with Crippen molar-refractivity contribution < 1.29 is 14.7 Å². The number of amides is 1. The van der Waals surface area contributed by atoms with E-state index in [1.165, 1.54) is 12.1 Å². The zero-order valence-electron chi connectivity index (χ0n) is 9.87. The van der Waals surface area contributed by atoms with Crippen LogP contribution in [0.1, 0.15) is 23.2 Å². The van der Waals surface area contributed by atoms with E-state index in [1.807, 2.05) is 0 Å². The number of nitrogens with one attached hydrogen (secondary N) is 2. The summed E-state index contributed by atoms with van der Waals surface area (Å²) in [7, 11) is 0. The minimum absolute atomic E-state index is 0.0808. The molecule has 1 aliphatic rings. The van der Waals surface area contributed by atoms with Crippen molar-refractivity contribution in [2.75, 3.05) is 11.9 Å². The summed E-state index contributed by atoms with van der Waals surface area (Å²) in [6.45, 7) is 0.776. The van der Waals surface area contributed by atoms with E-state index in [1.54, 1.807) is 0 Å². The largest absolute Gasteiger partial charge is 0.478 e. The number of carbonyl (C=O) groups excluding carboxylic acids is 1. The quantitative estimate of drug-likeness (QED) is 0.801. The number of hydrogen-bond donors (Lipinski definition) is 3. The van der Waals surface area contributed by atoms with Gasteiger partial charge >= 0.3 is 5.97 Å². The number of carbonyl (C=O) groups is 2. The van der Waals surface area contributed by atoms with Crippen LogP contribution >= 0.6 is 23.2 Å². The summed E-state index contributed by atoms with van der Waals surface area (Å²) in [5.74, 6) is -1.48. The van der Waals surface area contributed by atoms with Crippen LogP contribution in [0.4, 0.5) is 5.69 Å². The van der Waals surface area contributed by atoms with Crippen molar-refractivity contribution in [3.63, 3.8) is 0 Å². The highest BCUT2D eigenvalue weighted by Gasteiger charge is 2.24. The minimum atomic E-state index is -1.20. The Kier molecular flexibility index (Phi) is 4.29. The van der Waals surface area contributed by atoms with E-state index in [9.17, 15) is 9.59 Å². The average molecular weight is 303 g/mol. The van der Waals surface area contributed by atoms with Gasteiger partial charge in [-0.25, -0.2) is 4.79 Å². The van der Waals surface area contributed by atoms with Gasteiger partial charge in [0, 0.05) is 5.02 Å². The summed E-state index contributed by atoms with van der Waals surface area (Å²) in [5, 5.41) is 15.0. The predicted molar refractivity (Wildman–Crippen MR) is 73.1 cm³/mol. The number of carboxylic acids is 1. The summed E-state index contributed by atoms with van der Waals surface area (Å²) in [6, 6.07) is 2.34. The fourth-order valence-electron chi connectivity index (χ4n) is 1.99. The Labute approximate surface area is 119 Å². The molecule has 102 valence electrons. The number of hydrogen-bond acceptors (Lipinski definition) is 3. The zero-order chi connectivity index (χ0) is 14.0. The van der Waals surface area contributed by atoms with Crippen molar-refractivity contribution in [2.45, 2.75) is 18.9 Å². The van der Waals surface area contributed by atoms with Crippen molar-refractivity contribution in [2.24, 2.45) is 0 Å². The maximum absolute atomic E-state index is 12.0. The fourth-order valence-corrected chi connectivity index (χ4v) is 2.53. The van der Waals surface area contributed by atoms with E-state index >= 15 is 0 Å². The highest BCUT2D eigenvalue weighted by Crippen LogP contribution is 2.30. The van der Waals surface area contributed by atoms with Gasteiger partial charge in [-0.15, -0.1) is 0 Å². The molecule has 0 spiro atoms. The lowest BCUT2D eigenvalue weighted by Crippen LogP contribution is -2.36. The van der Waals surface area contributed by atoms with Crippen molar-refractivity contribution >= 4 is 40.8 Å². The maximum atomic E-state index is 12.0. The lowest BCUT2D eigenvalue weighted by Gasteiger charge is -2.14. The Morgan fingerprint density at radius 2 is 2.11 bits per heavy atom. The second kappa shape index (κ2) is 5.77. The lowest BCUT2D eigenvalue weighted by atomic mass is 10.1. The van der Waals surface area contributed by atoms with Crippen molar-refractivity contribution in [3.8, 4) is 0 Å². The molecule has 0 aromatic heterocycles. The summed E-state index contributed by atoms with van der Waals surface area (Å²) in [4.78, 5) is 23.1. The summed E-state index contributed by atoms with van der Waals surface area (Å²) >= 11 is 11.7. The molecule has 5 nitrogen and oxygen atoms in total. The van der Waals surface area contributed by atoms with Gasteiger partial charge in [0.1, 0.15) is 0 Å². The van der Waals surface area contributed by atoms with Gasteiger partial charge in [-0.2, -0.15) is 0 Å². The van der Waals surface area contributed by atoms with Gasteiger partial charge in [0.15, 0.2) is 0 Å². The highest BCUT2D eigenvalue weighted by molar-refractivity contribution is 6.37. The van der Waals surface area contributed by atoms with Gasteiger partial charge in [-0.1, -0.05) is 23.2 Å². The Balaban J connectivity index is 2.28. The summed E-state index contributed by atoms with van der Waals surface area (Å²) in [6.07, 6.45) is 1.64. The highest BCUT2D eigenvalue weighted by atomic mass is 35.5. The molecule has 1 aliphatic heterocycles. The van der Waals surface area contributed by atoms with Gasteiger partial charge in [-0.3, -0.25) is 4.79 Å². The number of rotatable bonds is 3. The molecule has 0 radical (unpaired) electrons. The van der Waals surface area contributed by atoms with Crippen molar-refractivity contribution in [3.05, 3.63) is 27.7 Å². The minimum Gasteiger partial charge on any atom is -0.478 e. The van der Waals surface area contributed by atoms with Crippen LogP contribution in [0.2, 0.25) is 10.0 Å². The standard InChI is InChI=1S/C12H12Cl2N2O3/c13-6-4-7(12(18)19)10(8(14)5-6)16-11(17)9-2-1-3-15-9/h4-5,9,15H,1-3H2,(H,16,17)(H,18,19)/t9-/m0/s1. The molecule has 19 heavy (non-hydrogen) atoms. The molecule has 1 atom stereocenters. The first-order chi connectivity index (χ1) is 8.99. The molecule has 2 rings (SSSR count). The van der Waals surface area contributed by atoms with Gasteiger partial charge in [0.05, 0.1) is 22.3 Å². The molecule has 1 aromatic rings. The monoisotopic (exact) mass is 302 g/mol. The van der Waals surface area contributed by atoms with Gasteiger partial charge in [-0.05, 0) is 31.5 Å². The van der Waals surface area contributed by atoms with Crippen LogP contribution in [0.25, 0.3) is 0 Å². The first-order valence-electron chi connectivity index (χ1n) is 5.75. The van der Waals surface area contributed by atoms with E-state index < -0.39 is 5.97 Å². The smallest absolute Gasteiger partial charge is 0.337 e. The van der Waals surface area contributed by atoms with E-state index in [-0.39, 0.29) is 33.2 Å². The number of carboxylic acid groups (broad SMARTS) is 1. The Hall–Kier alpha value is -1.30. The summed E-state index contributed by atoms with van der Waals surface area (Å²) < 4.78 is 0. The Bertz CT molecular complexity index is 528. The number of halogens is 2. The number of anilines is 1. The SMILES string of the molecule is O=C(O)c1cc(Cl)cc(Cl)c1NC(=O)[C@@H]1CCCN1. The average Bonchev–Trinajstić information content (AvgIpc) is 2.85. The van der Waals surface area contributed by atoms with E-state index in [4.69, 9.17) is 28.3 Å². The molecule has 0 bridgehead atoms. The molecule has 3 N–H and O–H groups in total. The third-order valence-electron chi connectivity index (χ3n) is 2.91. The molecule has 7 heteroatoms. The van der Waals surface area contributed by atoms with Crippen molar-refractivity contribution in [1.82, 2.24) is 5.32 Å². The molecule has 1 amide bonds. The van der Waals surface area contributed by atoms with Crippen LogP contribution in [-0.2, 0) is 4.79 Å². The molecule has 1 heterocycles. The zero-order valence-corrected chi connectivity index (χ0v) is 11.4. The molecule has 1 saturated heterocycles. The first-order valence-corrected chi connectivity index (χ1v) is 6.51. The van der Waals surface area contributed by atoms with Crippen LogP contribution in [0.5, 0.6) is 0 Å². The van der Waals surface area contributed by atoms with Crippen LogP contribution in [0, 0.1) is 0 Å². The Morgan fingerprint density at radius 3 is 2.68 bits per heavy atom. The molecular weight excluding hydrogens is 291 g/mol. The van der Waals surface area contributed by atoms with Gasteiger partial charge in [0.25, 0.3) is 0 Å². The molecule has 1 aromatic carbocycles. The van der Waals surface area contributed by atoms with Crippen LogP contribution in [-0.4, -0.2) is 29.6 Å². The van der Waals surface area contributed by atoms with Crippen LogP contribution < -0.4 is 10.6 Å². The van der Waals surface area contributed by atoms with Gasteiger partial charge in [0.2, 0.25) is 5.91 Å². The molecule has 0 unspecified atom stereocenters. The molecule has 0 saturated carbocycles. The third-order valence-corrected chi connectivity index (χ3v) is 3.43. The van der Waals surface area contributed by atoms with Gasteiger partial charge < -0.3 is 15.7 Å². The van der Waals surface area contributed by atoms with Crippen LogP contribution in [0.15, 0.2) is 12.1 Å². The normalized spacial score (nSPS) is 18.3. The van der Waals surface area contributed by atoms with E-state index in [0.29, 0.717) is 0 Å². The maximum Gasteiger partial charge on any atom is 0.337 e. The fraction of sp³-hybridized carbons (Fsp3) is 0.333. The van der Waals surface area contributed by atoms with E-state index in [2.05, 4.69) is 10.6 Å². The predicted octanol–water partition coefficient (Wildman–Crippen LogP) is 2.38. The second-order valence-electron chi connectivity index (χ2n) is 4.25. The second-order valence-corrected chi connectivity index (χ2v) is 5.10. The lowest BCUT2D eigenvalue weighted by molar-refractivity contribution is -0.117. The molecule has 0 aliphatic carbocycles. The molecular formula is C12H12Cl2N2O3. The van der Waals surface area contributed by atoms with Crippen molar-refractivity contribution in [1.29, 1.82) is 0 Å². The number of benzene rings is 1. The topological polar surface area (TPSA) is 78.4 Å². The molecule has 1 fully saturated rings. The Morgan fingerprint density at radius 1 is 1.37 bits per heavy atom. The third kappa shape index (κ3) is 3.18.